The van der Waals surface area contributed by atoms with Crippen LogP contribution in [0.15, 0.2) is 10.2 Å². The van der Waals surface area contributed by atoms with Crippen LogP contribution in [-0.2, 0) is 9.53 Å². The van der Waals surface area contributed by atoms with Gasteiger partial charge in [0.1, 0.15) is 0 Å². The zero-order chi connectivity index (χ0) is 10.8. The van der Waals surface area contributed by atoms with Crippen molar-refractivity contribution in [2.75, 3.05) is 6.61 Å². The summed E-state index contributed by atoms with van der Waals surface area (Å²) in [6.07, 6.45) is 0.745. The van der Waals surface area contributed by atoms with Crippen molar-refractivity contribution >= 4 is 14.0 Å². The second-order valence-corrected chi connectivity index (χ2v) is 10.0. The van der Waals surface area contributed by atoms with Gasteiger partial charge >= 0.3 is 5.97 Å². The maximum absolute atomic E-state index is 11.4. The zero-order valence-corrected chi connectivity index (χ0v) is 10.3. The van der Waals surface area contributed by atoms with Crippen molar-refractivity contribution in [3.63, 3.8) is 0 Å². The molecule has 14 heavy (non-hydrogen) atoms. The van der Waals surface area contributed by atoms with E-state index in [9.17, 15) is 4.79 Å². The van der Waals surface area contributed by atoms with Gasteiger partial charge in [0.25, 0.3) is 0 Å². The van der Waals surface area contributed by atoms with Crippen LogP contribution >= 0.6 is 0 Å². The SMILES string of the molecule is CCOC(=O)C1CC([Si](C)(C)C)N=N1. The van der Waals surface area contributed by atoms with E-state index in [1.807, 2.05) is 0 Å². The van der Waals surface area contributed by atoms with Crippen LogP contribution in [0.2, 0.25) is 19.6 Å². The number of carbonyl (C=O) groups excluding carboxylic acids is 1. The predicted molar refractivity (Wildman–Crippen MR) is 57.0 cm³/mol. The van der Waals surface area contributed by atoms with E-state index in [1.54, 1.807) is 6.92 Å². The minimum Gasteiger partial charge on any atom is -0.464 e. The molecule has 0 spiro atoms. The minimum absolute atomic E-state index is 0.225. The highest BCUT2D eigenvalue weighted by atomic mass is 28.3. The molecular weight excluding hydrogens is 196 g/mol. The fraction of sp³-hybridized carbons (Fsp3) is 0.889. The van der Waals surface area contributed by atoms with Crippen LogP contribution in [0.1, 0.15) is 13.3 Å². The van der Waals surface area contributed by atoms with E-state index in [1.165, 1.54) is 0 Å². The molecule has 0 amide bonds. The number of hydrogen-bond donors (Lipinski definition) is 0. The zero-order valence-electron chi connectivity index (χ0n) is 9.28. The highest BCUT2D eigenvalue weighted by Crippen LogP contribution is 2.24. The maximum atomic E-state index is 11.4. The third-order valence-corrected chi connectivity index (χ3v) is 4.70. The van der Waals surface area contributed by atoms with Gasteiger partial charge < -0.3 is 4.74 Å². The summed E-state index contributed by atoms with van der Waals surface area (Å²) in [5.41, 5.74) is 0.275. The molecule has 1 aliphatic heterocycles. The highest BCUT2D eigenvalue weighted by Gasteiger charge is 2.36. The molecule has 0 aromatic heterocycles. The fourth-order valence-electron chi connectivity index (χ4n) is 1.38. The van der Waals surface area contributed by atoms with Crippen molar-refractivity contribution in [1.29, 1.82) is 0 Å². The molecule has 5 heteroatoms. The Kier molecular flexibility index (Phi) is 3.42. The van der Waals surface area contributed by atoms with Crippen LogP contribution in [0.3, 0.4) is 0 Å². The fourth-order valence-corrected chi connectivity index (χ4v) is 2.72. The summed E-state index contributed by atoms with van der Waals surface area (Å²) in [5.74, 6) is -0.225. The Labute approximate surface area is 85.8 Å². The smallest absolute Gasteiger partial charge is 0.332 e. The lowest BCUT2D eigenvalue weighted by molar-refractivity contribution is -0.144. The number of carbonyl (C=O) groups is 1. The summed E-state index contributed by atoms with van der Waals surface area (Å²) < 4.78 is 4.91. The van der Waals surface area contributed by atoms with Crippen LogP contribution < -0.4 is 0 Å². The molecule has 0 saturated carbocycles. The van der Waals surface area contributed by atoms with Gasteiger partial charge in [-0.25, -0.2) is 4.79 Å². The number of azo groups is 1. The summed E-state index contributed by atoms with van der Waals surface area (Å²) in [7, 11) is -1.30. The second kappa shape index (κ2) is 4.21. The predicted octanol–water partition coefficient (Wildman–Crippen LogP) is 2.02. The van der Waals surface area contributed by atoms with E-state index in [2.05, 4.69) is 29.9 Å². The van der Waals surface area contributed by atoms with E-state index >= 15 is 0 Å². The quantitative estimate of drug-likeness (QED) is 0.533. The van der Waals surface area contributed by atoms with E-state index in [-0.39, 0.29) is 17.7 Å². The Morgan fingerprint density at radius 2 is 2.07 bits per heavy atom. The molecule has 0 saturated heterocycles. The first-order chi connectivity index (χ1) is 6.45. The summed E-state index contributed by atoms with van der Waals surface area (Å²) in [6.45, 7) is 8.95. The normalized spacial score (nSPS) is 26.6. The standard InChI is InChI=1S/C9H18N2O2Si/c1-5-13-9(12)7-6-8(11-10-7)14(2,3)4/h7-8H,5-6H2,1-4H3. The average Bonchev–Trinajstić information content (AvgIpc) is 2.51. The molecule has 1 aliphatic rings. The molecule has 0 fully saturated rings. The van der Waals surface area contributed by atoms with Gasteiger partial charge in [0.15, 0.2) is 6.04 Å². The Morgan fingerprint density at radius 3 is 2.50 bits per heavy atom. The molecule has 0 radical (unpaired) electrons. The van der Waals surface area contributed by atoms with Crippen LogP contribution in [-0.4, -0.2) is 32.4 Å². The summed E-state index contributed by atoms with van der Waals surface area (Å²) in [4.78, 5) is 11.4. The van der Waals surface area contributed by atoms with Gasteiger partial charge in [-0.15, -0.1) is 0 Å². The maximum Gasteiger partial charge on any atom is 0.332 e. The van der Waals surface area contributed by atoms with Crippen molar-refractivity contribution in [3.05, 3.63) is 0 Å². The van der Waals surface area contributed by atoms with Gasteiger partial charge in [0, 0.05) is 6.42 Å². The summed E-state index contributed by atoms with van der Waals surface area (Å²) in [5, 5.41) is 8.16. The number of nitrogens with zero attached hydrogens (tertiary/aromatic N) is 2. The Balaban J connectivity index is 2.51. The third-order valence-electron chi connectivity index (χ3n) is 2.35. The van der Waals surface area contributed by atoms with Crippen molar-refractivity contribution in [2.24, 2.45) is 10.2 Å². The molecule has 1 rings (SSSR count). The van der Waals surface area contributed by atoms with Crippen molar-refractivity contribution in [1.82, 2.24) is 0 Å². The molecule has 0 aliphatic carbocycles. The van der Waals surface area contributed by atoms with Gasteiger partial charge in [-0.2, -0.15) is 10.2 Å². The average molecular weight is 214 g/mol. The van der Waals surface area contributed by atoms with Gasteiger partial charge in [0.05, 0.1) is 20.3 Å². The molecule has 4 nitrogen and oxygen atoms in total. The van der Waals surface area contributed by atoms with Gasteiger partial charge in [-0.05, 0) is 6.92 Å². The largest absolute Gasteiger partial charge is 0.464 e. The van der Waals surface area contributed by atoms with Crippen molar-refractivity contribution in [3.8, 4) is 0 Å². The number of hydrogen-bond acceptors (Lipinski definition) is 4. The van der Waals surface area contributed by atoms with E-state index in [0.29, 0.717) is 6.61 Å². The third kappa shape index (κ3) is 2.64. The van der Waals surface area contributed by atoms with Gasteiger partial charge in [-0.1, -0.05) is 19.6 Å². The molecule has 80 valence electrons. The lowest BCUT2D eigenvalue weighted by atomic mass is 10.2. The van der Waals surface area contributed by atoms with Crippen LogP contribution in [0.4, 0.5) is 0 Å². The van der Waals surface area contributed by atoms with Crippen molar-refractivity contribution < 1.29 is 9.53 Å². The number of rotatable bonds is 3. The lowest BCUT2D eigenvalue weighted by Crippen LogP contribution is -2.37. The molecule has 0 aromatic rings. The van der Waals surface area contributed by atoms with E-state index in [4.69, 9.17) is 4.74 Å². The van der Waals surface area contributed by atoms with Crippen LogP contribution in [0.25, 0.3) is 0 Å². The first-order valence-corrected chi connectivity index (χ1v) is 8.59. The van der Waals surface area contributed by atoms with E-state index < -0.39 is 8.07 Å². The Bertz CT molecular complexity index is 248. The molecule has 0 N–H and O–H groups in total. The molecule has 0 aromatic carbocycles. The number of esters is 1. The summed E-state index contributed by atoms with van der Waals surface area (Å²) in [6, 6.07) is -0.341. The molecule has 2 atom stereocenters. The summed E-state index contributed by atoms with van der Waals surface area (Å²) >= 11 is 0. The highest BCUT2D eigenvalue weighted by molar-refractivity contribution is 6.77. The lowest BCUT2D eigenvalue weighted by Gasteiger charge is -2.20. The topological polar surface area (TPSA) is 51.0 Å². The van der Waals surface area contributed by atoms with Gasteiger partial charge in [-0.3, -0.25) is 0 Å². The monoisotopic (exact) mass is 214 g/mol. The van der Waals surface area contributed by atoms with Gasteiger partial charge in [0.2, 0.25) is 0 Å². The van der Waals surface area contributed by atoms with Crippen LogP contribution in [0.5, 0.6) is 0 Å². The molecule has 2 unspecified atom stereocenters. The molecular formula is C9H18N2O2Si. The Morgan fingerprint density at radius 1 is 1.43 bits per heavy atom. The molecule has 1 heterocycles. The Hall–Kier alpha value is -0.713. The van der Waals surface area contributed by atoms with Crippen molar-refractivity contribution in [2.45, 2.75) is 44.7 Å². The first-order valence-electron chi connectivity index (χ1n) is 5.01. The number of ether oxygens (including phenoxy) is 1. The second-order valence-electron chi connectivity index (χ2n) is 4.62. The van der Waals surface area contributed by atoms with E-state index in [0.717, 1.165) is 6.42 Å². The van der Waals surface area contributed by atoms with Crippen LogP contribution in [0, 0.1) is 0 Å². The minimum atomic E-state index is -1.30. The first kappa shape index (κ1) is 11.4. The molecule has 0 bridgehead atoms.